The minimum Gasteiger partial charge on any atom is -0.394 e. The number of aliphatic hydroxyl groups is 2. The van der Waals surface area contributed by atoms with E-state index in [4.69, 9.17) is 4.74 Å². The van der Waals surface area contributed by atoms with Crippen molar-refractivity contribution in [3.05, 3.63) is 35.4 Å². The van der Waals surface area contributed by atoms with Crippen LogP contribution < -0.4 is 5.32 Å². The molecule has 5 nitrogen and oxygen atoms in total. The molecule has 1 aromatic carbocycles. The van der Waals surface area contributed by atoms with E-state index in [9.17, 15) is 10.2 Å². The zero-order valence-corrected chi connectivity index (χ0v) is 14.7. The molecule has 0 saturated carbocycles. The summed E-state index contributed by atoms with van der Waals surface area (Å²) in [5, 5.41) is 23.9. The molecule has 1 aromatic rings. The summed E-state index contributed by atoms with van der Waals surface area (Å²) < 4.78 is 5.74. The van der Waals surface area contributed by atoms with Gasteiger partial charge in [0.25, 0.3) is 0 Å². The summed E-state index contributed by atoms with van der Waals surface area (Å²) in [6.07, 6.45) is 1.80. The fraction of sp³-hybridized carbons (Fsp3) is 0.684. The molecule has 2 aliphatic rings. The summed E-state index contributed by atoms with van der Waals surface area (Å²) in [6, 6.07) is 8.27. The zero-order valence-electron chi connectivity index (χ0n) is 14.7. The number of benzene rings is 1. The van der Waals surface area contributed by atoms with Gasteiger partial charge < -0.3 is 20.3 Å². The molecule has 4 atom stereocenters. The van der Waals surface area contributed by atoms with Gasteiger partial charge in [-0.2, -0.15) is 0 Å². The highest BCUT2D eigenvalue weighted by molar-refractivity contribution is 5.38. The number of hydrogen-bond donors (Lipinski definition) is 3. The molecule has 1 heterocycles. The van der Waals surface area contributed by atoms with Gasteiger partial charge in [-0.1, -0.05) is 24.3 Å². The highest BCUT2D eigenvalue weighted by Gasteiger charge is 2.38. The van der Waals surface area contributed by atoms with Crippen molar-refractivity contribution in [3.8, 4) is 0 Å². The third-order valence-electron chi connectivity index (χ3n) is 5.26. The van der Waals surface area contributed by atoms with E-state index in [0.717, 1.165) is 25.9 Å². The number of aryl methyl sites for hydroxylation is 1. The minimum atomic E-state index is -0.460. The fourth-order valence-corrected chi connectivity index (χ4v) is 4.20. The molecule has 0 aromatic heterocycles. The SMILES string of the molecule is CC1CN(CC(O)CNC2(CO)CCc3ccccc32)CC(C)O1. The summed E-state index contributed by atoms with van der Waals surface area (Å²) in [4.78, 5) is 2.26. The molecule has 0 radical (unpaired) electrons. The number of morpholine rings is 1. The first kappa shape index (κ1) is 17.8. The maximum atomic E-state index is 10.5. The third-order valence-corrected chi connectivity index (χ3v) is 5.26. The van der Waals surface area contributed by atoms with Gasteiger partial charge in [-0.25, -0.2) is 0 Å². The number of rotatable bonds is 6. The lowest BCUT2D eigenvalue weighted by molar-refractivity contribution is -0.0766. The summed E-state index contributed by atoms with van der Waals surface area (Å²) >= 11 is 0. The first-order valence-electron chi connectivity index (χ1n) is 9.02. The van der Waals surface area contributed by atoms with Gasteiger partial charge in [0.05, 0.1) is 30.5 Å². The summed E-state index contributed by atoms with van der Waals surface area (Å²) in [6.45, 7) is 7.03. The number of nitrogens with zero attached hydrogens (tertiary/aromatic N) is 1. The molecule has 134 valence electrons. The second-order valence-corrected chi connectivity index (χ2v) is 7.41. The van der Waals surface area contributed by atoms with Crippen molar-refractivity contribution in [2.24, 2.45) is 0 Å². The molecule has 3 N–H and O–H groups in total. The number of hydrogen-bond acceptors (Lipinski definition) is 5. The zero-order chi connectivity index (χ0) is 17.2. The van der Waals surface area contributed by atoms with Crippen molar-refractivity contribution < 1.29 is 14.9 Å². The van der Waals surface area contributed by atoms with Crippen LogP contribution in [-0.4, -0.2) is 66.2 Å². The average molecular weight is 334 g/mol. The van der Waals surface area contributed by atoms with E-state index in [1.165, 1.54) is 11.1 Å². The lowest BCUT2D eigenvalue weighted by Crippen LogP contribution is -2.52. The van der Waals surface area contributed by atoms with Crippen molar-refractivity contribution in [1.82, 2.24) is 10.2 Å². The van der Waals surface area contributed by atoms with Gasteiger partial charge in [0.15, 0.2) is 0 Å². The summed E-state index contributed by atoms with van der Waals surface area (Å²) in [5.74, 6) is 0. The highest BCUT2D eigenvalue weighted by Crippen LogP contribution is 2.36. The molecule has 4 unspecified atom stereocenters. The monoisotopic (exact) mass is 334 g/mol. The quantitative estimate of drug-likeness (QED) is 0.721. The Hall–Kier alpha value is -0.980. The maximum Gasteiger partial charge on any atom is 0.0791 e. The third kappa shape index (κ3) is 3.81. The molecule has 1 aliphatic carbocycles. The van der Waals surface area contributed by atoms with Gasteiger partial charge in [-0.15, -0.1) is 0 Å². The van der Waals surface area contributed by atoms with Crippen LogP contribution in [0.2, 0.25) is 0 Å². The van der Waals surface area contributed by atoms with E-state index in [0.29, 0.717) is 13.1 Å². The first-order chi connectivity index (χ1) is 11.5. The minimum absolute atomic E-state index is 0.0579. The van der Waals surface area contributed by atoms with Gasteiger partial charge >= 0.3 is 0 Å². The molecule has 3 rings (SSSR count). The summed E-state index contributed by atoms with van der Waals surface area (Å²) in [7, 11) is 0. The molecule has 1 saturated heterocycles. The Morgan fingerprint density at radius 1 is 1.29 bits per heavy atom. The van der Waals surface area contributed by atoms with Gasteiger partial charge in [0, 0.05) is 26.2 Å². The Morgan fingerprint density at radius 3 is 2.71 bits per heavy atom. The normalized spacial score (nSPS) is 31.8. The van der Waals surface area contributed by atoms with E-state index in [-0.39, 0.29) is 18.8 Å². The molecule has 1 fully saturated rings. The number of β-amino-alcohol motifs (C(OH)–C–C–N with tert-alkyl or cyclic N) is 1. The van der Waals surface area contributed by atoms with E-state index in [2.05, 4.69) is 36.2 Å². The topological polar surface area (TPSA) is 65.0 Å². The molecule has 5 heteroatoms. The lowest BCUT2D eigenvalue weighted by atomic mass is 9.92. The second kappa shape index (κ2) is 7.50. The van der Waals surface area contributed by atoms with Crippen LogP contribution in [0.3, 0.4) is 0 Å². The van der Waals surface area contributed by atoms with E-state index in [1.807, 2.05) is 12.1 Å². The van der Waals surface area contributed by atoms with Gasteiger partial charge in [-0.05, 0) is 37.8 Å². The van der Waals surface area contributed by atoms with Crippen molar-refractivity contribution in [1.29, 1.82) is 0 Å². The largest absolute Gasteiger partial charge is 0.394 e. The number of fused-ring (bicyclic) bond motifs is 1. The maximum absolute atomic E-state index is 10.5. The second-order valence-electron chi connectivity index (χ2n) is 7.41. The average Bonchev–Trinajstić information content (AvgIpc) is 2.91. The van der Waals surface area contributed by atoms with E-state index >= 15 is 0 Å². The molecule has 0 amide bonds. The van der Waals surface area contributed by atoms with Crippen LogP contribution in [-0.2, 0) is 16.7 Å². The molecule has 24 heavy (non-hydrogen) atoms. The van der Waals surface area contributed by atoms with Gasteiger partial charge in [0.1, 0.15) is 0 Å². The highest BCUT2D eigenvalue weighted by atomic mass is 16.5. The predicted octanol–water partition coefficient (Wildman–Crippen LogP) is 0.880. The van der Waals surface area contributed by atoms with E-state index < -0.39 is 11.6 Å². The van der Waals surface area contributed by atoms with Gasteiger partial charge in [0.2, 0.25) is 0 Å². The number of ether oxygens (including phenoxy) is 1. The van der Waals surface area contributed by atoms with Crippen LogP contribution >= 0.6 is 0 Å². The van der Waals surface area contributed by atoms with Gasteiger partial charge in [-0.3, -0.25) is 4.90 Å². The first-order valence-corrected chi connectivity index (χ1v) is 9.02. The van der Waals surface area contributed by atoms with E-state index in [1.54, 1.807) is 0 Å². The Balaban J connectivity index is 1.56. The molecule has 0 bridgehead atoms. The fourth-order valence-electron chi connectivity index (χ4n) is 4.20. The van der Waals surface area contributed by atoms with Crippen molar-refractivity contribution in [2.45, 2.75) is 50.5 Å². The van der Waals surface area contributed by atoms with Crippen molar-refractivity contribution in [3.63, 3.8) is 0 Å². The van der Waals surface area contributed by atoms with Crippen LogP contribution in [0.4, 0.5) is 0 Å². The molecular formula is C19H30N2O3. The van der Waals surface area contributed by atoms with Crippen molar-refractivity contribution in [2.75, 3.05) is 32.8 Å². The summed E-state index contributed by atoms with van der Waals surface area (Å²) in [5.41, 5.74) is 2.06. The smallest absolute Gasteiger partial charge is 0.0791 e. The van der Waals surface area contributed by atoms with Crippen LogP contribution in [0.25, 0.3) is 0 Å². The number of nitrogens with one attached hydrogen (secondary N) is 1. The van der Waals surface area contributed by atoms with Crippen LogP contribution in [0.1, 0.15) is 31.4 Å². The predicted molar refractivity (Wildman–Crippen MR) is 94.0 cm³/mol. The Kier molecular flexibility index (Phi) is 5.57. The Bertz CT molecular complexity index is 543. The Morgan fingerprint density at radius 2 is 2.00 bits per heavy atom. The van der Waals surface area contributed by atoms with Crippen molar-refractivity contribution >= 4 is 0 Å². The van der Waals surface area contributed by atoms with Crippen LogP contribution in [0.15, 0.2) is 24.3 Å². The molecule has 0 spiro atoms. The van der Waals surface area contributed by atoms with Crippen LogP contribution in [0, 0.1) is 0 Å². The van der Waals surface area contributed by atoms with Crippen LogP contribution in [0.5, 0.6) is 0 Å². The molecule has 1 aliphatic heterocycles. The number of aliphatic hydroxyl groups excluding tert-OH is 2. The Labute approximate surface area is 144 Å². The molecular weight excluding hydrogens is 304 g/mol. The standard InChI is InChI=1S/C19H30N2O3/c1-14-10-21(11-15(2)24-14)12-17(23)9-20-19(13-22)8-7-16-5-3-4-6-18(16)19/h3-6,14-15,17,20,22-23H,7-13H2,1-2H3. The lowest BCUT2D eigenvalue weighted by Gasteiger charge is -2.37.